The fourth-order valence-electron chi connectivity index (χ4n) is 3.87. The van der Waals surface area contributed by atoms with Crippen molar-refractivity contribution in [1.29, 1.82) is 0 Å². The second-order valence-corrected chi connectivity index (χ2v) is 7.38. The molecule has 0 unspecified atom stereocenters. The zero-order valence-electron chi connectivity index (χ0n) is 15.4. The molecule has 1 N–H and O–H groups in total. The molecule has 27 heavy (non-hydrogen) atoms. The van der Waals surface area contributed by atoms with Crippen LogP contribution in [0.25, 0.3) is 0 Å². The second kappa shape index (κ2) is 7.43. The Morgan fingerprint density at radius 1 is 0.778 bits per heavy atom. The van der Waals surface area contributed by atoms with E-state index >= 15 is 0 Å². The van der Waals surface area contributed by atoms with Crippen LogP contribution in [-0.4, -0.2) is 53.3 Å². The van der Waals surface area contributed by atoms with Crippen molar-refractivity contribution in [2.45, 2.75) is 24.8 Å². The molecular formula is C22H25N3O2. The van der Waals surface area contributed by atoms with Gasteiger partial charge >= 0.3 is 0 Å². The number of anilines is 1. The summed E-state index contributed by atoms with van der Waals surface area (Å²) in [6, 6.07) is 19.3. The summed E-state index contributed by atoms with van der Waals surface area (Å²) in [5, 5.41) is 3.51. The minimum absolute atomic E-state index is 0.0420. The molecule has 5 nitrogen and oxygen atoms in total. The summed E-state index contributed by atoms with van der Waals surface area (Å²) in [5.74, 6) is 0.213. The molecule has 2 aliphatic rings. The first-order valence-electron chi connectivity index (χ1n) is 9.65. The van der Waals surface area contributed by atoms with E-state index in [1.807, 2.05) is 70.5 Å². The van der Waals surface area contributed by atoms with E-state index in [0.717, 1.165) is 25.2 Å². The first kappa shape index (κ1) is 17.6. The topological polar surface area (TPSA) is 52.7 Å². The van der Waals surface area contributed by atoms with Crippen LogP contribution in [0.4, 0.5) is 5.69 Å². The molecule has 2 saturated heterocycles. The van der Waals surface area contributed by atoms with Gasteiger partial charge in [0.2, 0.25) is 5.91 Å². The Hall–Kier alpha value is -2.82. The van der Waals surface area contributed by atoms with E-state index in [-0.39, 0.29) is 11.8 Å². The van der Waals surface area contributed by atoms with E-state index in [4.69, 9.17) is 0 Å². The Bertz CT molecular complexity index is 795. The highest BCUT2D eigenvalue weighted by Crippen LogP contribution is 2.31. The Labute approximate surface area is 160 Å². The summed E-state index contributed by atoms with van der Waals surface area (Å²) in [4.78, 5) is 29.8. The van der Waals surface area contributed by atoms with Crippen LogP contribution in [0.2, 0.25) is 0 Å². The van der Waals surface area contributed by atoms with Gasteiger partial charge in [-0.3, -0.25) is 9.59 Å². The van der Waals surface area contributed by atoms with E-state index in [0.29, 0.717) is 31.5 Å². The zero-order valence-corrected chi connectivity index (χ0v) is 15.4. The SMILES string of the molecule is O=C(c1ccccc1)N1CCC(Nc2ccccc2)(C(=O)N2CCC2)CC1. The lowest BCUT2D eigenvalue weighted by Gasteiger charge is -2.46. The van der Waals surface area contributed by atoms with E-state index < -0.39 is 5.54 Å². The van der Waals surface area contributed by atoms with Gasteiger partial charge < -0.3 is 15.1 Å². The number of piperidine rings is 1. The zero-order chi connectivity index (χ0) is 18.7. The predicted molar refractivity (Wildman–Crippen MR) is 106 cm³/mol. The molecule has 0 aromatic heterocycles. The van der Waals surface area contributed by atoms with Crippen LogP contribution in [0.15, 0.2) is 60.7 Å². The lowest BCUT2D eigenvalue weighted by atomic mass is 9.84. The van der Waals surface area contributed by atoms with E-state index in [9.17, 15) is 9.59 Å². The van der Waals surface area contributed by atoms with Gasteiger partial charge in [-0.1, -0.05) is 36.4 Å². The van der Waals surface area contributed by atoms with Gasteiger partial charge in [0.05, 0.1) is 0 Å². The summed E-state index contributed by atoms with van der Waals surface area (Å²) in [6.07, 6.45) is 2.32. The molecule has 2 fully saturated rings. The Balaban J connectivity index is 1.51. The van der Waals surface area contributed by atoms with Crippen LogP contribution in [-0.2, 0) is 4.79 Å². The molecule has 0 aliphatic carbocycles. The maximum atomic E-state index is 13.2. The van der Waals surface area contributed by atoms with Crippen LogP contribution < -0.4 is 5.32 Å². The Kier molecular flexibility index (Phi) is 4.84. The molecule has 4 rings (SSSR count). The quantitative estimate of drug-likeness (QED) is 0.909. The summed E-state index contributed by atoms with van der Waals surface area (Å²) >= 11 is 0. The highest BCUT2D eigenvalue weighted by molar-refractivity contribution is 5.95. The number of para-hydroxylation sites is 1. The third kappa shape index (κ3) is 3.54. The third-order valence-electron chi connectivity index (χ3n) is 5.64. The number of carbonyl (C=O) groups excluding carboxylic acids is 2. The highest BCUT2D eigenvalue weighted by Gasteiger charge is 2.45. The number of carbonyl (C=O) groups is 2. The molecule has 2 amide bonds. The lowest BCUT2D eigenvalue weighted by molar-refractivity contribution is -0.141. The molecule has 0 spiro atoms. The van der Waals surface area contributed by atoms with Crippen LogP contribution in [0.3, 0.4) is 0 Å². The Morgan fingerprint density at radius 2 is 1.37 bits per heavy atom. The second-order valence-electron chi connectivity index (χ2n) is 7.38. The number of rotatable bonds is 4. The standard InChI is InChI=1S/C22H25N3O2/c26-20(18-8-3-1-4-9-18)24-16-12-22(13-17-24,21(27)25-14-7-15-25)23-19-10-5-2-6-11-19/h1-6,8-11,23H,7,12-17H2. The minimum Gasteiger partial charge on any atom is -0.371 e. The number of amides is 2. The van der Waals surface area contributed by atoms with Crippen molar-refractivity contribution in [3.63, 3.8) is 0 Å². The molecule has 5 heteroatoms. The summed E-state index contributed by atoms with van der Waals surface area (Å²) in [6.45, 7) is 2.83. The average Bonchev–Trinajstić information content (AvgIpc) is 2.68. The smallest absolute Gasteiger partial charge is 0.253 e. The molecule has 0 atom stereocenters. The highest BCUT2D eigenvalue weighted by atomic mass is 16.2. The predicted octanol–water partition coefficient (Wildman–Crippen LogP) is 3.01. The first-order valence-corrected chi connectivity index (χ1v) is 9.65. The molecular weight excluding hydrogens is 338 g/mol. The maximum absolute atomic E-state index is 13.2. The van der Waals surface area contributed by atoms with Crippen molar-refractivity contribution in [2.24, 2.45) is 0 Å². The van der Waals surface area contributed by atoms with Crippen LogP contribution >= 0.6 is 0 Å². The average molecular weight is 363 g/mol. The largest absolute Gasteiger partial charge is 0.371 e. The summed E-state index contributed by atoms with van der Waals surface area (Å²) in [7, 11) is 0. The number of hydrogen-bond acceptors (Lipinski definition) is 3. The van der Waals surface area contributed by atoms with Crippen LogP contribution in [0, 0.1) is 0 Å². The number of likely N-dealkylation sites (tertiary alicyclic amines) is 2. The van der Waals surface area contributed by atoms with Gasteiger partial charge in [-0.15, -0.1) is 0 Å². The third-order valence-corrected chi connectivity index (χ3v) is 5.64. The van der Waals surface area contributed by atoms with Gasteiger partial charge in [-0.2, -0.15) is 0 Å². The van der Waals surface area contributed by atoms with E-state index in [1.54, 1.807) is 0 Å². The van der Waals surface area contributed by atoms with Crippen LogP contribution in [0.1, 0.15) is 29.6 Å². The van der Waals surface area contributed by atoms with E-state index in [1.165, 1.54) is 0 Å². The molecule has 2 aliphatic heterocycles. The monoisotopic (exact) mass is 363 g/mol. The maximum Gasteiger partial charge on any atom is 0.253 e. The van der Waals surface area contributed by atoms with Crippen molar-refractivity contribution >= 4 is 17.5 Å². The molecule has 2 aromatic carbocycles. The number of nitrogens with one attached hydrogen (secondary N) is 1. The van der Waals surface area contributed by atoms with Gasteiger partial charge in [0.15, 0.2) is 0 Å². The van der Waals surface area contributed by atoms with Crippen molar-refractivity contribution in [2.75, 3.05) is 31.5 Å². The van der Waals surface area contributed by atoms with Gasteiger partial charge in [0, 0.05) is 37.4 Å². The molecule has 2 heterocycles. The van der Waals surface area contributed by atoms with E-state index in [2.05, 4.69) is 5.32 Å². The lowest BCUT2D eigenvalue weighted by Crippen LogP contribution is -2.62. The normalized spacial score (nSPS) is 18.5. The first-order chi connectivity index (χ1) is 13.2. The van der Waals surface area contributed by atoms with Gasteiger partial charge in [-0.05, 0) is 43.5 Å². The fraction of sp³-hybridized carbons (Fsp3) is 0.364. The van der Waals surface area contributed by atoms with Crippen molar-refractivity contribution < 1.29 is 9.59 Å². The van der Waals surface area contributed by atoms with Gasteiger partial charge in [0.25, 0.3) is 5.91 Å². The van der Waals surface area contributed by atoms with Crippen molar-refractivity contribution in [1.82, 2.24) is 9.80 Å². The Morgan fingerprint density at radius 3 is 1.93 bits per heavy atom. The van der Waals surface area contributed by atoms with Gasteiger partial charge in [0.1, 0.15) is 5.54 Å². The number of nitrogens with zero attached hydrogens (tertiary/aromatic N) is 2. The van der Waals surface area contributed by atoms with Crippen LogP contribution in [0.5, 0.6) is 0 Å². The molecule has 2 aromatic rings. The summed E-state index contributed by atoms with van der Waals surface area (Å²) in [5.41, 5.74) is 1.03. The number of benzene rings is 2. The van der Waals surface area contributed by atoms with Gasteiger partial charge in [-0.25, -0.2) is 0 Å². The van der Waals surface area contributed by atoms with Crippen molar-refractivity contribution in [3.05, 3.63) is 66.2 Å². The molecule has 140 valence electrons. The van der Waals surface area contributed by atoms with Crippen molar-refractivity contribution in [3.8, 4) is 0 Å². The minimum atomic E-state index is -0.630. The number of hydrogen-bond donors (Lipinski definition) is 1. The molecule has 0 bridgehead atoms. The molecule has 0 saturated carbocycles. The molecule has 0 radical (unpaired) electrons. The fourth-order valence-corrected chi connectivity index (χ4v) is 3.87. The summed E-state index contributed by atoms with van der Waals surface area (Å²) < 4.78 is 0.